The maximum atomic E-state index is 10.7. The molecule has 1 N–H and O–H groups in total. The third kappa shape index (κ3) is 1.28. The lowest BCUT2D eigenvalue weighted by molar-refractivity contribution is -0.139. The molecule has 0 aromatic rings. The Labute approximate surface area is 75.7 Å². The number of hydrogen-bond donors (Lipinski definition) is 1. The predicted molar refractivity (Wildman–Crippen MR) is 44.8 cm³/mol. The molecule has 1 spiro atoms. The predicted octanol–water partition coefficient (Wildman–Crippen LogP) is 0.855. The summed E-state index contributed by atoms with van der Waals surface area (Å²) in [4.78, 5) is 20.9. The minimum atomic E-state index is -0.687. The van der Waals surface area contributed by atoms with Gasteiger partial charge in [-0.1, -0.05) is 0 Å². The maximum absolute atomic E-state index is 10.7. The quantitative estimate of drug-likeness (QED) is 0.646. The van der Waals surface area contributed by atoms with E-state index in [1.165, 1.54) is 5.01 Å². The molecule has 0 radical (unpaired) electrons. The summed E-state index contributed by atoms with van der Waals surface area (Å²) < 4.78 is 0. The summed E-state index contributed by atoms with van der Waals surface area (Å²) in [6, 6.07) is 0. The number of carboxylic acids is 1. The van der Waals surface area contributed by atoms with Gasteiger partial charge < -0.3 is 5.11 Å². The molecule has 2 rings (SSSR count). The van der Waals surface area contributed by atoms with E-state index in [-0.39, 0.29) is 11.3 Å². The summed E-state index contributed by atoms with van der Waals surface area (Å²) in [6.07, 6.45) is 2.39. The summed E-state index contributed by atoms with van der Waals surface area (Å²) >= 11 is 0. The van der Waals surface area contributed by atoms with Crippen LogP contribution in [0.3, 0.4) is 0 Å². The molecule has 0 amide bonds. The minimum absolute atomic E-state index is 0.00697. The largest absolute Gasteiger partial charge is 0.481 e. The molecule has 5 heteroatoms. The number of hydrogen-bond acceptors (Lipinski definition) is 3. The molecule has 1 saturated heterocycles. The van der Waals surface area contributed by atoms with Crippen molar-refractivity contribution in [2.45, 2.75) is 19.3 Å². The summed E-state index contributed by atoms with van der Waals surface area (Å²) in [6.45, 7) is 1.24. The van der Waals surface area contributed by atoms with E-state index < -0.39 is 5.97 Å². The fourth-order valence-corrected chi connectivity index (χ4v) is 2.27. The lowest BCUT2D eigenvalue weighted by Gasteiger charge is -2.27. The molecular formula is C8H12N2O3. The normalized spacial score (nSPS) is 30.2. The molecule has 2 aliphatic rings. The van der Waals surface area contributed by atoms with Crippen molar-refractivity contribution in [1.29, 1.82) is 0 Å². The van der Waals surface area contributed by atoms with Gasteiger partial charge in [0.25, 0.3) is 0 Å². The number of carbonyl (C=O) groups is 1. The molecule has 0 aromatic heterocycles. The molecule has 5 nitrogen and oxygen atoms in total. The lowest BCUT2D eigenvalue weighted by Crippen LogP contribution is -2.31. The first-order chi connectivity index (χ1) is 6.18. The van der Waals surface area contributed by atoms with Crippen molar-refractivity contribution < 1.29 is 9.90 Å². The van der Waals surface area contributed by atoms with Crippen LogP contribution in [0.25, 0.3) is 0 Å². The average Bonchev–Trinajstić information content (AvgIpc) is 2.82. The third-order valence-corrected chi connectivity index (χ3v) is 3.34. The number of rotatable bonds is 2. The van der Waals surface area contributed by atoms with E-state index in [0.29, 0.717) is 13.1 Å². The average molecular weight is 184 g/mol. The highest BCUT2D eigenvalue weighted by molar-refractivity contribution is 5.74. The smallest absolute Gasteiger partial charge is 0.307 e. The van der Waals surface area contributed by atoms with Gasteiger partial charge in [-0.05, 0) is 24.7 Å². The van der Waals surface area contributed by atoms with Crippen LogP contribution in [0.2, 0.25) is 0 Å². The second-order valence-electron chi connectivity index (χ2n) is 3.99. The van der Waals surface area contributed by atoms with Crippen LogP contribution in [0.15, 0.2) is 5.29 Å². The van der Waals surface area contributed by atoms with Crippen LogP contribution in [-0.2, 0) is 4.79 Å². The van der Waals surface area contributed by atoms with Crippen molar-refractivity contribution in [3.8, 4) is 0 Å². The van der Waals surface area contributed by atoms with Gasteiger partial charge in [0.05, 0.1) is 11.2 Å². The van der Waals surface area contributed by atoms with Crippen LogP contribution in [0.4, 0.5) is 0 Å². The highest BCUT2D eigenvalue weighted by Crippen LogP contribution is 2.59. The second-order valence-corrected chi connectivity index (χ2v) is 3.99. The first-order valence-corrected chi connectivity index (χ1v) is 4.49. The molecule has 1 aliphatic heterocycles. The van der Waals surface area contributed by atoms with Crippen molar-refractivity contribution >= 4 is 5.97 Å². The van der Waals surface area contributed by atoms with Crippen LogP contribution < -0.4 is 0 Å². The van der Waals surface area contributed by atoms with Crippen molar-refractivity contribution in [2.75, 3.05) is 13.1 Å². The summed E-state index contributed by atoms with van der Waals surface area (Å²) in [7, 11) is 0. The highest BCUT2D eigenvalue weighted by Gasteiger charge is 2.58. The Morgan fingerprint density at radius 1 is 1.46 bits per heavy atom. The van der Waals surface area contributed by atoms with E-state index >= 15 is 0 Å². The van der Waals surface area contributed by atoms with Crippen LogP contribution in [-0.4, -0.2) is 29.2 Å². The number of nitrogens with zero attached hydrogens (tertiary/aromatic N) is 2. The van der Waals surface area contributed by atoms with Crippen LogP contribution in [0.5, 0.6) is 0 Å². The Bertz CT molecular complexity index is 246. The molecule has 1 atom stereocenters. The molecule has 0 bridgehead atoms. The Morgan fingerprint density at radius 3 is 2.46 bits per heavy atom. The van der Waals surface area contributed by atoms with Gasteiger partial charge in [0.2, 0.25) is 0 Å². The Morgan fingerprint density at radius 2 is 2.08 bits per heavy atom. The standard InChI is InChI=1S/C8H12N2O3/c11-7(12)6-5-8(6)1-3-10(9-13)4-2-8/h6H,1-5H2,(H,11,12). The monoisotopic (exact) mass is 184 g/mol. The van der Waals surface area contributed by atoms with Gasteiger partial charge >= 0.3 is 5.97 Å². The SMILES string of the molecule is O=NN1CCC2(CC1)CC2C(=O)O. The maximum Gasteiger partial charge on any atom is 0.307 e. The third-order valence-electron chi connectivity index (χ3n) is 3.34. The van der Waals surface area contributed by atoms with Gasteiger partial charge in [0.15, 0.2) is 0 Å². The van der Waals surface area contributed by atoms with Gasteiger partial charge in [-0.25, -0.2) is 0 Å². The summed E-state index contributed by atoms with van der Waals surface area (Å²) in [5.41, 5.74) is 0.00697. The van der Waals surface area contributed by atoms with E-state index in [4.69, 9.17) is 5.11 Å². The van der Waals surface area contributed by atoms with Gasteiger partial charge in [0.1, 0.15) is 0 Å². The number of carboxylic acid groups (broad SMARTS) is 1. The fourth-order valence-electron chi connectivity index (χ4n) is 2.27. The molecule has 72 valence electrons. The van der Waals surface area contributed by atoms with E-state index in [2.05, 4.69) is 5.29 Å². The fraction of sp³-hybridized carbons (Fsp3) is 0.875. The van der Waals surface area contributed by atoms with Gasteiger partial charge in [-0.3, -0.25) is 9.80 Å². The number of aliphatic carboxylic acids is 1. The van der Waals surface area contributed by atoms with Gasteiger partial charge in [-0.2, -0.15) is 0 Å². The molecule has 1 unspecified atom stereocenters. The summed E-state index contributed by atoms with van der Waals surface area (Å²) in [5, 5.41) is 13.1. The van der Waals surface area contributed by atoms with E-state index in [0.717, 1.165) is 19.3 Å². The minimum Gasteiger partial charge on any atom is -0.481 e. The van der Waals surface area contributed by atoms with Crippen LogP contribution >= 0.6 is 0 Å². The zero-order valence-corrected chi connectivity index (χ0v) is 7.27. The van der Waals surface area contributed by atoms with Gasteiger partial charge in [-0.15, -0.1) is 4.91 Å². The van der Waals surface area contributed by atoms with E-state index in [1.807, 2.05) is 0 Å². The zero-order valence-electron chi connectivity index (χ0n) is 7.27. The van der Waals surface area contributed by atoms with Crippen molar-refractivity contribution in [3.63, 3.8) is 0 Å². The van der Waals surface area contributed by atoms with Gasteiger partial charge in [0, 0.05) is 13.1 Å². The summed E-state index contributed by atoms with van der Waals surface area (Å²) in [5.74, 6) is -0.853. The number of piperidine rings is 1. The molecule has 1 saturated carbocycles. The second kappa shape index (κ2) is 2.68. The Balaban J connectivity index is 1.93. The lowest BCUT2D eigenvalue weighted by atomic mass is 9.91. The Kier molecular flexibility index (Phi) is 1.75. The molecule has 0 aromatic carbocycles. The van der Waals surface area contributed by atoms with E-state index in [1.54, 1.807) is 0 Å². The molecule has 13 heavy (non-hydrogen) atoms. The molecule has 1 heterocycles. The van der Waals surface area contributed by atoms with E-state index in [9.17, 15) is 9.70 Å². The first kappa shape index (κ1) is 8.47. The first-order valence-electron chi connectivity index (χ1n) is 4.49. The topological polar surface area (TPSA) is 70.0 Å². The molecular weight excluding hydrogens is 172 g/mol. The molecule has 2 fully saturated rings. The van der Waals surface area contributed by atoms with Crippen molar-refractivity contribution in [1.82, 2.24) is 5.01 Å². The van der Waals surface area contributed by atoms with Crippen LogP contribution in [0, 0.1) is 16.2 Å². The number of nitroso groups, excluding NO2 is 1. The van der Waals surface area contributed by atoms with Crippen molar-refractivity contribution in [3.05, 3.63) is 4.91 Å². The zero-order chi connectivity index (χ0) is 9.47. The van der Waals surface area contributed by atoms with Crippen LogP contribution in [0.1, 0.15) is 19.3 Å². The van der Waals surface area contributed by atoms with Crippen molar-refractivity contribution in [2.24, 2.45) is 16.6 Å². The Hall–Kier alpha value is -1.13. The highest BCUT2D eigenvalue weighted by atomic mass is 16.4. The molecule has 1 aliphatic carbocycles.